The maximum atomic E-state index is 11.6. The fourth-order valence-corrected chi connectivity index (χ4v) is 3.98. The van der Waals surface area contributed by atoms with Crippen LogP contribution < -0.4 is 14.8 Å². The Bertz CT molecular complexity index is 712. The van der Waals surface area contributed by atoms with Gasteiger partial charge in [0, 0.05) is 52.2 Å². The van der Waals surface area contributed by atoms with E-state index in [0.717, 1.165) is 38.4 Å². The van der Waals surface area contributed by atoms with Crippen LogP contribution in [-0.2, 0) is 16.1 Å². The van der Waals surface area contributed by atoms with Gasteiger partial charge in [0.05, 0.1) is 32.5 Å². The van der Waals surface area contributed by atoms with Crippen LogP contribution in [0, 0.1) is 0 Å². The predicted molar refractivity (Wildman–Crippen MR) is 115 cm³/mol. The van der Waals surface area contributed by atoms with Crippen LogP contribution in [0.15, 0.2) is 18.2 Å². The Morgan fingerprint density at radius 2 is 2.00 bits per heavy atom. The first-order valence-corrected chi connectivity index (χ1v) is 10.9. The lowest BCUT2D eigenvalue weighted by Crippen LogP contribution is -2.44. The standard InChI is InChI=1S/C22H35N3O6/c1-16(26)25-14-18(27)12-19(20(28)15-25)23-13-17-3-4-21(22(11-17)29-2)31-10-7-24-5-8-30-9-6-24/h3-4,11,18-20,23,27-28H,5-10,12-15H2,1-2H3/t18-,19-,20-/m1/s1. The van der Waals surface area contributed by atoms with Crippen molar-refractivity contribution < 1.29 is 29.2 Å². The van der Waals surface area contributed by atoms with E-state index in [9.17, 15) is 15.0 Å². The summed E-state index contributed by atoms with van der Waals surface area (Å²) in [7, 11) is 1.61. The Morgan fingerprint density at radius 3 is 2.71 bits per heavy atom. The molecular formula is C22H35N3O6. The zero-order chi connectivity index (χ0) is 22.2. The molecule has 0 spiro atoms. The van der Waals surface area contributed by atoms with Gasteiger partial charge in [0.15, 0.2) is 11.5 Å². The largest absolute Gasteiger partial charge is 0.493 e. The summed E-state index contributed by atoms with van der Waals surface area (Å²) in [5.41, 5.74) is 0.978. The number of carbonyl (C=O) groups excluding carboxylic acids is 1. The zero-order valence-corrected chi connectivity index (χ0v) is 18.5. The van der Waals surface area contributed by atoms with Gasteiger partial charge in [0.2, 0.25) is 5.91 Å². The third-order valence-electron chi connectivity index (χ3n) is 5.84. The maximum absolute atomic E-state index is 11.6. The first-order chi connectivity index (χ1) is 15.0. The highest BCUT2D eigenvalue weighted by atomic mass is 16.5. The van der Waals surface area contributed by atoms with Gasteiger partial charge in [-0.1, -0.05) is 6.07 Å². The van der Waals surface area contributed by atoms with Crippen LogP contribution in [0.2, 0.25) is 0 Å². The molecule has 9 nitrogen and oxygen atoms in total. The minimum atomic E-state index is -0.745. The summed E-state index contributed by atoms with van der Waals surface area (Å²) in [6, 6.07) is 5.46. The summed E-state index contributed by atoms with van der Waals surface area (Å²) in [5, 5.41) is 24.0. The summed E-state index contributed by atoms with van der Waals surface area (Å²) < 4.78 is 16.8. The van der Waals surface area contributed by atoms with Gasteiger partial charge < -0.3 is 34.6 Å². The van der Waals surface area contributed by atoms with E-state index in [0.29, 0.717) is 31.1 Å². The number of ether oxygens (including phenoxy) is 3. The third-order valence-corrected chi connectivity index (χ3v) is 5.84. The predicted octanol–water partition coefficient (Wildman–Crippen LogP) is -0.162. The summed E-state index contributed by atoms with van der Waals surface area (Å²) in [5.74, 6) is 1.21. The number of carbonyl (C=O) groups is 1. The van der Waals surface area contributed by atoms with Gasteiger partial charge in [0.25, 0.3) is 0 Å². The summed E-state index contributed by atoms with van der Waals surface area (Å²) in [6.45, 7) is 7.21. The number of methoxy groups -OCH3 is 1. The molecule has 2 aliphatic rings. The fourth-order valence-electron chi connectivity index (χ4n) is 3.98. The van der Waals surface area contributed by atoms with E-state index in [2.05, 4.69) is 10.2 Å². The van der Waals surface area contributed by atoms with Gasteiger partial charge in [-0.2, -0.15) is 0 Å². The van der Waals surface area contributed by atoms with Gasteiger partial charge >= 0.3 is 0 Å². The molecule has 3 N–H and O–H groups in total. The molecule has 3 rings (SSSR count). The number of aliphatic hydroxyl groups is 2. The van der Waals surface area contributed by atoms with Crippen LogP contribution in [-0.4, -0.2) is 104 Å². The van der Waals surface area contributed by atoms with Crippen LogP contribution in [0.1, 0.15) is 18.9 Å². The third kappa shape index (κ3) is 7.05. The average Bonchev–Trinajstić information content (AvgIpc) is 2.91. The number of aliphatic hydroxyl groups excluding tert-OH is 2. The van der Waals surface area contributed by atoms with Crippen LogP contribution in [0.25, 0.3) is 0 Å². The Hall–Kier alpha value is -1.91. The van der Waals surface area contributed by atoms with Crippen molar-refractivity contribution in [3.05, 3.63) is 23.8 Å². The quantitative estimate of drug-likeness (QED) is 0.516. The van der Waals surface area contributed by atoms with Gasteiger partial charge in [-0.3, -0.25) is 9.69 Å². The number of likely N-dealkylation sites (tertiary alicyclic amines) is 1. The van der Waals surface area contributed by atoms with Gasteiger partial charge in [0.1, 0.15) is 6.61 Å². The van der Waals surface area contributed by atoms with Crippen molar-refractivity contribution in [1.82, 2.24) is 15.1 Å². The minimum absolute atomic E-state index is 0.146. The van der Waals surface area contributed by atoms with E-state index in [-0.39, 0.29) is 25.0 Å². The number of benzene rings is 1. The van der Waals surface area contributed by atoms with Crippen molar-refractivity contribution in [2.45, 2.75) is 38.1 Å². The molecule has 2 heterocycles. The summed E-state index contributed by atoms with van der Waals surface area (Å²) in [6.07, 6.45) is -1.04. The van der Waals surface area contributed by atoms with E-state index in [1.807, 2.05) is 18.2 Å². The van der Waals surface area contributed by atoms with E-state index in [4.69, 9.17) is 14.2 Å². The van der Waals surface area contributed by atoms with Crippen molar-refractivity contribution in [1.29, 1.82) is 0 Å². The minimum Gasteiger partial charge on any atom is -0.493 e. The molecule has 2 saturated heterocycles. The number of morpholine rings is 1. The van der Waals surface area contributed by atoms with Gasteiger partial charge in [-0.15, -0.1) is 0 Å². The summed E-state index contributed by atoms with van der Waals surface area (Å²) in [4.78, 5) is 15.4. The number of nitrogens with one attached hydrogen (secondary N) is 1. The van der Waals surface area contributed by atoms with Crippen molar-refractivity contribution >= 4 is 5.91 Å². The normalized spacial score (nSPS) is 25.2. The van der Waals surface area contributed by atoms with Gasteiger partial charge in [-0.05, 0) is 24.1 Å². The van der Waals surface area contributed by atoms with Crippen LogP contribution >= 0.6 is 0 Å². The lowest BCUT2D eigenvalue weighted by Gasteiger charge is -2.26. The molecule has 1 aromatic rings. The first-order valence-electron chi connectivity index (χ1n) is 10.9. The number of β-amino-alcohol motifs (C(OH)–C–C–N with tert-alkyl or cyclic N) is 2. The average molecular weight is 438 g/mol. The summed E-state index contributed by atoms with van der Waals surface area (Å²) >= 11 is 0. The lowest BCUT2D eigenvalue weighted by atomic mass is 10.0. The van der Waals surface area contributed by atoms with Crippen molar-refractivity contribution in [3.63, 3.8) is 0 Å². The van der Waals surface area contributed by atoms with Crippen LogP contribution in [0.4, 0.5) is 0 Å². The number of rotatable bonds is 8. The van der Waals surface area contributed by atoms with Crippen LogP contribution in [0.3, 0.4) is 0 Å². The molecule has 2 aliphatic heterocycles. The molecule has 0 bridgehead atoms. The van der Waals surface area contributed by atoms with E-state index in [1.54, 1.807) is 7.11 Å². The molecule has 3 atom stereocenters. The number of nitrogens with zero attached hydrogens (tertiary/aromatic N) is 2. The molecule has 0 unspecified atom stereocenters. The first kappa shape index (κ1) is 23.7. The molecule has 2 fully saturated rings. The molecule has 0 aliphatic carbocycles. The lowest BCUT2D eigenvalue weighted by molar-refractivity contribution is -0.131. The molecule has 0 saturated carbocycles. The van der Waals surface area contributed by atoms with Crippen LogP contribution in [0.5, 0.6) is 11.5 Å². The second-order valence-electron chi connectivity index (χ2n) is 8.16. The highest BCUT2D eigenvalue weighted by molar-refractivity contribution is 5.73. The molecule has 31 heavy (non-hydrogen) atoms. The van der Waals surface area contributed by atoms with Crippen molar-refractivity contribution in [2.24, 2.45) is 0 Å². The SMILES string of the molecule is COc1cc(CN[C@@H]2C[C@@H](O)CN(C(C)=O)C[C@H]2O)ccc1OCCN1CCOCC1. The zero-order valence-electron chi connectivity index (χ0n) is 18.5. The molecule has 174 valence electrons. The van der Waals surface area contributed by atoms with Crippen molar-refractivity contribution in [2.75, 3.05) is 59.7 Å². The Kier molecular flexibility index (Phi) is 8.91. The van der Waals surface area contributed by atoms with E-state index < -0.39 is 12.2 Å². The highest BCUT2D eigenvalue weighted by Crippen LogP contribution is 2.28. The monoisotopic (exact) mass is 437 g/mol. The number of hydrogen-bond donors (Lipinski definition) is 3. The number of hydrogen-bond acceptors (Lipinski definition) is 8. The second kappa shape index (κ2) is 11.6. The fraction of sp³-hybridized carbons (Fsp3) is 0.682. The molecule has 0 aromatic heterocycles. The molecular weight excluding hydrogens is 402 g/mol. The van der Waals surface area contributed by atoms with Crippen molar-refractivity contribution in [3.8, 4) is 11.5 Å². The maximum Gasteiger partial charge on any atom is 0.219 e. The number of amides is 1. The van der Waals surface area contributed by atoms with E-state index >= 15 is 0 Å². The molecule has 1 amide bonds. The smallest absolute Gasteiger partial charge is 0.219 e. The molecule has 1 aromatic carbocycles. The Labute approximate surface area is 183 Å². The second-order valence-corrected chi connectivity index (χ2v) is 8.16. The van der Waals surface area contributed by atoms with Gasteiger partial charge in [-0.25, -0.2) is 0 Å². The molecule has 0 radical (unpaired) electrons. The Balaban J connectivity index is 1.52. The molecule has 9 heteroatoms. The van der Waals surface area contributed by atoms with E-state index in [1.165, 1.54) is 11.8 Å². The Morgan fingerprint density at radius 1 is 1.23 bits per heavy atom. The topological polar surface area (TPSA) is 104 Å². The highest BCUT2D eigenvalue weighted by Gasteiger charge is 2.30.